The van der Waals surface area contributed by atoms with E-state index in [1.165, 1.54) is 16.2 Å². The van der Waals surface area contributed by atoms with Gasteiger partial charge in [0.2, 0.25) is 0 Å². The molecule has 0 fully saturated rings. The maximum Gasteiger partial charge on any atom is 0.189 e. The summed E-state index contributed by atoms with van der Waals surface area (Å²) in [6.45, 7) is 2.70. The smallest absolute Gasteiger partial charge is 0.189 e. The molecule has 0 radical (unpaired) electrons. The van der Waals surface area contributed by atoms with E-state index in [-0.39, 0.29) is 11.8 Å². The molecule has 2 rings (SSSR count). The minimum Gasteiger partial charge on any atom is -0.291 e. The highest BCUT2D eigenvalue weighted by Crippen LogP contribution is 2.25. The van der Waals surface area contributed by atoms with Crippen LogP contribution in [0, 0.1) is 0 Å². The van der Waals surface area contributed by atoms with Gasteiger partial charge in [-0.1, -0.05) is 11.6 Å². The zero-order chi connectivity index (χ0) is 14.0. The number of thiophene rings is 2. The van der Waals surface area contributed by atoms with Crippen LogP contribution >= 0.6 is 50.2 Å². The second-order valence-electron chi connectivity index (χ2n) is 4.29. The molecule has 19 heavy (non-hydrogen) atoms. The Morgan fingerprint density at radius 3 is 2.79 bits per heavy atom. The van der Waals surface area contributed by atoms with E-state index in [0.29, 0.717) is 4.34 Å². The fourth-order valence-electron chi connectivity index (χ4n) is 1.67. The molecule has 0 saturated carbocycles. The van der Waals surface area contributed by atoms with E-state index in [1.54, 1.807) is 23.5 Å². The average Bonchev–Trinajstić information content (AvgIpc) is 2.96. The topological polar surface area (TPSA) is 20.3 Å². The molecule has 1 atom stereocenters. The summed E-state index contributed by atoms with van der Waals surface area (Å²) < 4.78 is 1.74. The summed E-state index contributed by atoms with van der Waals surface area (Å²) in [7, 11) is 1.96. The van der Waals surface area contributed by atoms with Crippen LogP contribution in [0.2, 0.25) is 4.34 Å². The van der Waals surface area contributed by atoms with E-state index in [4.69, 9.17) is 11.6 Å². The highest BCUT2D eigenvalue weighted by atomic mass is 79.9. The van der Waals surface area contributed by atoms with Crippen molar-refractivity contribution in [2.45, 2.75) is 19.5 Å². The van der Waals surface area contributed by atoms with Crippen LogP contribution in [-0.4, -0.2) is 23.8 Å². The molecule has 2 nitrogen and oxygen atoms in total. The van der Waals surface area contributed by atoms with Crippen molar-refractivity contribution in [3.8, 4) is 0 Å². The number of hydrogen-bond donors (Lipinski definition) is 0. The first kappa shape index (κ1) is 15.2. The van der Waals surface area contributed by atoms with Crippen LogP contribution in [0.4, 0.5) is 0 Å². The highest BCUT2D eigenvalue weighted by Gasteiger charge is 2.21. The number of likely N-dealkylation sites (N-methyl/N-ethyl adjacent to an activating group) is 1. The second kappa shape index (κ2) is 6.50. The van der Waals surface area contributed by atoms with E-state index in [9.17, 15) is 4.79 Å². The van der Waals surface area contributed by atoms with Gasteiger partial charge in [0.25, 0.3) is 0 Å². The fraction of sp³-hybridized carbons (Fsp3) is 0.308. The summed E-state index contributed by atoms with van der Waals surface area (Å²) in [6.07, 6.45) is 0. The summed E-state index contributed by atoms with van der Waals surface area (Å²) >= 11 is 12.3. The quantitative estimate of drug-likeness (QED) is 0.688. The Kier molecular flexibility index (Phi) is 5.20. The molecule has 0 aromatic carbocycles. The first-order valence-electron chi connectivity index (χ1n) is 5.70. The van der Waals surface area contributed by atoms with Crippen molar-refractivity contribution >= 4 is 56.0 Å². The van der Waals surface area contributed by atoms with Crippen molar-refractivity contribution in [2.75, 3.05) is 7.05 Å². The second-order valence-corrected chi connectivity index (χ2v) is 7.92. The summed E-state index contributed by atoms with van der Waals surface area (Å²) in [5.41, 5.74) is 0. The Morgan fingerprint density at radius 2 is 2.26 bits per heavy atom. The molecule has 2 heterocycles. The monoisotopic (exact) mass is 377 g/mol. The van der Waals surface area contributed by atoms with Gasteiger partial charge in [0.1, 0.15) is 0 Å². The molecule has 0 bridgehead atoms. The van der Waals surface area contributed by atoms with Gasteiger partial charge < -0.3 is 0 Å². The van der Waals surface area contributed by atoms with Gasteiger partial charge in [-0.2, -0.15) is 0 Å². The van der Waals surface area contributed by atoms with E-state index < -0.39 is 0 Å². The van der Waals surface area contributed by atoms with Gasteiger partial charge in [0.05, 0.1) is 15.3 Å². The van der Waals surface area contributed by atoms with Crippen LogP contribution in [0.25, 0.3) is 0 Å². The Labute approximate surface area is 134 Å². The van der Waals surface area contributed by atoms with Crippen LogP contribution in [-0.2, 0) is 6.54 Å². The number of rotatable bonds is 5. The maximum absolute atomic E-state index is 12.3. The van der Waals surface area contributed by atoms with Crippen molar-refractivity contribution in [3.05, 3.63) is 42.1 Å². The van der Waals surface area contributed by atoms with Crippen LogP contribution in [0.5, 0.6) is 0 Å². The number of carbonyl (C=O) groups excluding carboxylic acids is 1. The number of halogens is 2. The van der Waals surface area contributed by atoms with Crippen molar-refractivity contribution in [1.82, 2.24) is 4.90 Å². The lowest BCUT2D eigenvalue weighted by atomic mass is 10.1. The molecule has 2 aromatic rings. The summed E-state index contributed by atoms with van der Waals surface area (Å²) in [5, 5.41) is 2.05. The molecule has 2 aromatic heterocycles. The average molecular weight is 379 g/mol. The van der Waals surface area contributed by atoms with Crippen LogP contribution in [0.15, 0.2) is 28.1 Å². The summed E-state index contributed by atoms with van der Waals surface area (Å²) in [6, 6.07) is 5.49. The lowest BCUT2D eigenvalue weighted by molar-refractivity contribution is 0.0867. The molecule has 0 aliphatic heterocycles. The first-order chi connectivity index (χ1) is 8.97. The van der Waals surface area contributed by atoms with Crippen molar-refractivity contribution in [2.24, 2.45) is 0 Å². The first-order valence-corrected chi connectivity index (χ1v) is 8.57. The van der Waals surface area contributed by atoms with Gasteiger partial charge in [-0.25, -0.2) is 0 Å². The molecule has 0 amide bonds. The summed E-state index contributed by atoms with van der Waals surface area (Å²) in [4.78, 5) is 16.3. The SMILES string of the molecule is CC(C(=O)c1ccc(Cl)s1)N(C)Cc1cc(Br)cs1. The number of ketones is 1. The van der Waals surface area contributed by atoms with Crippen LogP contribution in [0.1, 0.15) is 21.5 Å². The van der Waals surface area contributed by atoms with Gasteiger partial charge >= 0.3 is 0 Å². The predicted octanol–water partition coefficient (Wildman–Crippen LogP) is 4.93. The van der Waals surface area contributed by atoms with E-state index in [2.05, 4.69) is 27.4 Å². The molecule has 6 heteroatoms. The molecule has 102 valence electrons. The van der Waals surface area contributed by atoms with E-state index in [0.717, 1.165) is 15.9 Å². The lowest BCUT2D eigenvalue weighted by Gasteiger charge is -2.22. The number of nitrogens with zero attached hydrogens (tertiary/aromatic N) is 1. The van der Waals surface area contributed by atoms with Crippen LogP contribution < -0.4 is 0 Å². The maximum atomic E-state index is 12.3. The third-order valence-corrected chi connectivity index (χ3v) is 5.81. The Hall–Kier alpha value is -0.200. The molecule has 0 aliphatic carbocycles. The standard InChI is InChI=1S/C13H13BrClNOS2/c1-8(13(17)11-3-4-12(15)19-11)16(2)6-10-5-9(14)7-18-10/h3-5,7-8H,6H2,1-2H3. The normalized spacial score (nSPS) is 12.9. The van der Waals surface area contributed by atoms with Gasteiger partial charge in [-0.15, -0.1) is 22.7 Å². The number of Topliss-reactive ketones (excluding diaryl/α,β-unsaturated/α-hetero) is 1. The van der Waals surface area contributed by atoms with Crippen LogP contribution in [0.3, 0.4) is 0 Å². The Balaban J connectivity index is 2.02. The van der Waals surface area contributed by atoms with Gasteiger partial charge in [-0.05, 0) is 48.1 Å². The molecule has 1 unspecified atom stereocenters. The Morgan fingerprint density at radius 1 is 1.53 bits per heavy atom. The predicted molar refractivity (Wildman–Crippen MR) is 86.6 cm³/mol. The largest absolute Gasteiger partial charge is 0.291 e. The van der Waals surface area contributed by atoms with E-state index in [1.807, 2.05) is 18.9 Å². The van der Waals surface area contributed by atoms with Crippen molar-refractivity contribution in [3.63, 3.8) is 0 Å². The van der Waals surface area contributed by atoms with Gasteiger partial charge in [0.15, 0.2) is 5.78 Å². The summed E-state index contributed by atoms with van der Waals surface area (Å²) in [5.74, 6) is 0.120. The molecule has 0 aliphatic rings. The van der Waals surface area contributed by atoms with E-state index >= 15 is 0 Å². The zero-order valence-corrected chi connectivity index (χ0v) is 14.5. The molecular weight excluding hydrogens is 366 g/mol. The van der Waals surface area contributed by atoms with Gasteiger partial charge in [0, 0.05) is 21.3 Å². The number of carbonyl (C=O) groups is 1. The molecular formula is C13H13BrClNOS2. The van der Waals surface area contributed by atoms with Crippen molar-refractivity contribution in [1.29, 1.82) is 0 Å². The molecule has 0 N–H and O–H groups in total. The lowest BCUT2D eigenvalue weighted by Crippen LogP contribution is -2.35. The zero-order valence-electron chi connectivity index (χ0n) is 10.5. The minimum absolute atomic E-state index is 0.120. The minimum atomic E-state index is -0.157. The number of hydrogen-bond acceptors (Lipinski definition) is 4. The van der Waals surface area contributed by atoms with Gasteiger partial charge in [-0.3, -0.25) is 9.69 Å². The third kappa shape index (κ3) is 3.89. The Bertz CT molecular complexity index is 581. The fourth-order valence-corrected chi connectivity index (χ4v) is 4.25. The molecule has 0 saturated heterocycles. The van der Waals surface area contributed by atoms with Crippen molar-refractivity contribution < 1.29 is 4.79 Å². The third-order valence-electron chi connectivity index (χ3n) is 2.88. The highest BCUT2D eigenvalue weighted by molar-refractivity contribution is 9.10. The molecule has 0 spiro atoms.